The van der Waals surface area contributed by atoms with Gasteiger partial charge in [-0.15, -0.1) is 0 Å². The van der Waals surface area contributed by atoms with Gasteiger partial charge in [0.15, 0.2) is 0 Å². The largest absolute Gasteiger partial charge is 0.455 e. The molecule has 0 fully saturated rings. The van der Waals surface area contributed by atoms with Gasteiger partial charge in [-0.1, -0.05) is 145 Å². The summed E-state index contributed by atoms with van der Waals surface area (Å²) in [6.07, 6.45) is 0. The number of rotatable bonds is 2. The van der Waals surface area contributed by atoms with E-state index in [0.717, 1.165) is 76.2 Å². The van der Waals surface area contributed by atoms with E-state index in [9.17, 15) is 1.37 Å². The van der Waals surface area contributed by atoms with Crippen LogP contribution in [-0.2, 0) is 0 Å². The molecule has 10 aromatic rings. The van der Waals surface area contributed by atoms with Gasteiger partial charge in [0, 0.05) is 21.5 Å². The highest BCUT2D eigenvalue weighted by Crippen LogP contribution is 2.49. The van der Waals surface area contributed by atoms with Crippen molar-refractivity contribution in [3.8, 4) is 22.3 Å². The second-order valence-electron chi connectivity index (χ2n) is 11.5. The summed E-state index contributed by atoms with van der Waals surface area (Å²) < 4.78 is 68.4. The van der Waals surface area contributed by atoms with E-state index < -0.39 is 18.1 Å². The SMILES string of the molecule is [2H]c1c([2H])c([2H])c2c(-c3c4ccccc4c(-c4cc5ccccc5c5oc6c7ccccc7ccc6c45)c4ccccc34)c([2H])c([2H])c([2H])c2c1[2H]. The van der Waals surface area contributed by atoms with Crippen molar-refractivity contribution in [1.82, 2.24) is 0 Å². The zero-order chi connectivity index (χ0) is 35.6. The highest BCUT2D eigenvalue weighted by molar-refractivity contribution is 6.30. The first-order valence-electron chi connectivity index (χ1n) is 18.5. The first kappa shape index (κ1) is 18.7. The Bertz CT molecular complexity index is 3150. The lowest BCUT2D eigenvalue weighted by molar-refractivity contribution is 0.676. The first-order chi connectivity index (χ1) is 25.3. The molecule has 0 aliphatic heterocycles. The molecule has 0 atom stereocenters. The average Bonchev–Trinajstić information content (AvgIpc) is 3.58. The Kier molecular flexibility index (Phi) is 3.86. The number of benzene rings is 9. The summed E-state index contributed by atoms with van der Waals surface area (Å²) in [5.41, 5.74) is 4.34. The fourth-order valence-corrected chi connectivity index (χ4v) is 7.22. The van der Waals surface area contributed by atoms with Crippen LogP contribution in [0.2, 0.25) is 0 Å². The molecular formula is C44H26O. The molecule has 0 bridgehead atoms. The van der Waals surface area contributed by atoms with Gasteiger partial charge in [-0.3, -0.25) is 0 Å². The fourth-order valence-electron chi connectivity index (χ4n) is 7.22. The van der Waals surface area contributed by atoms with Crippen LogP contribution < -0.4 is 0 Å². The second-order valence-corrected chi connectivity index (χ2v) is 11.5. The van der Waals surface area contributed by atoms with Crippen LogP contribution in [0.4, 0.5) is 0 Å². The molecule has 0 spiro atoms. The van der Waals surface area contributed by atoms with Gasteiger partial charge in [-0.2, -0.15) is 0 Å². The molecule has 0 saturated heterocycles. The maximum absolute atomic E-state index is 9.28. The third kappa shape index (κ3) is 3.44. The number of furan rings is 1. The standard InChI is InChI=1S/C44H26O/c1-4-16-30-27(12-1)15-11-23-33(30)40-34-19-7-9-21-36(34)41(37-22-10-8-20-35(37)40)39-26-29-14-3-6-18-32(29)44-42(39)38-25-24-28-13-2-5-17-31(28)43(38)45-44/h1-26H/i1D,4D,11D,12D,15D,16D,23D. The van der Waals surface area contributed by atoms with Crippen molar-refractivity contribution >= 4 is 75.8 Å². The van der Waals surface area contributed by atoms with Crippen LogP contribution in [0.3, 0.4) is 0 Å². The molecule has 45 heavy (non-hydrogen) atoms. The van der Waals surface area contributed by atoms with Gasteiger partial charge >= 0.3 is 0 Å². The normalized spacial score (nSPS) is 14.2. The Morgan fingerprint density at radius 1 is 0.378 bits per heavy atom. The maximum atomic E-state index is 9.28. The Balaban J connectivity index is 1.44. The van der Waals surface area contributed by atoms with Crippen LogP contribution in [-0.4, -0.2) is 0 Å². The van der Waals surface area contributed by atoms with Gasteiger partial charge in [-0.25, -0.2) is 0 Å². The third-order valence-electron chi connectivity index (χ3n) is 9.12. The number of fused-ring (bicyclic) bond motifs is 10. The fraction of sp³-hybridized carbons (Fsp3) is 0. The molecule has 0 unspecified atom stereocenters. The molecule has 0 aliphatic rings. The molecule has 208 valence electrons. The average molecular weight is 578 g/mol. The van der Waals surface area contributed by atoms with E-state index in [1.807, 2.05) is 72.8 Å². The van der Waals surface area contributed by atoms with E-state index in [-0.39, 0.29) is 40.5 Å². The molecule has 0 amide bonds. The minimum absolute atomic E-state index is 0.0624. The van der Waals surface area contributed by atoms with Crippen LogP contribution in [0.15, 0.2) is 162 Å². The van der Waals surface area contributed by atoms with Crippen molar-refractivity contribution in [1.29, 1.82) is 0 Å². The van der Waals surface area contributed by atoms with Crippen LogP contribution >= 0.6 is 0 Å². The van der Waals surface area contributed by atoms with E-state index in [2.05, 4.69) is 42.5 Å². The van der Waals surface area contributed by atoms with E-state index >= 15 is 0 Å². The van der Waals surface area contributed by atoms with Crippen LogP contribution in [0, 0.1) is 0 Å². The predicted octanol–water partition coefficient (Wildman–Crippen LogP) is 12.7. The third-order valence-corrected chi connectivity index (χ3v) is 9.12. The summed E-state index contributed by atoms with van der Waals surface area (Å²) in [7, 11) is 0. The van der Waals surface area contributed by atoms with Gasteiger partial charge in [0.2, 0.25) is 0 Å². The molecule has 0 N–H and O–H groups in total. The summed E-state index contributed by atoms with van der Waals surface area (Å²) >= 11 is 0. The Morgan fingerprint density at radius 3 is 1.64 bits per heavy atom. The predicted molar refractivity (Wildman–Crippen MR) is 192 cm³/mol. The van der Waals surface area contributed by atoms with E-state index in [0.29, 0.717) is 5.56 Å². The van der Waals surface area contributed by atoms with Gasteiger partial charge in [-0.05, 0) is 77.5 Å². The van der Waals surface area contributed by atoms with Crippen molar-refractivity contribution in [2.75, 3.05) is 0 Å². The van der Waals surface area contributed by atoms with Crippen molar-refractivity contribution < 1.29 is 14.0 Å². The van der Waals surface area contributed by atoms with Crippen LogP contribution in [0.5, 0.6) is 0 Å². The van der Waals surface area contributed by atoms with Crippen molar-refractivity contribution in [2.45, 2.75) is 0 Å². The van der Waals surface area contributed by atoms with Crippen LogP contribution in [0.1, 0.15) is 9.60 Å². The summed E-state index contributed by atoms with van der Waals surface area (Å²) in [6, 6.07) is 36.0. The zero-order valence-corrected chi connectivity index (χ0v) is 23.9. The summed E-state index contributed by atoms with van der Waals surface area (Å²) in [6.45, 7) is 0. The summed E-state index contributed by atoms with van der Waals surface area (Å²) in [5, 5.41) is 9.39. The highest BCUT2D eigenvalue weighted by atomic mass is 16.3. The Labute approximate surface area is 269 Å². The topological polar surface area (TPSA) is 13.1 Å². The first-order valence-corrected chi connectivity index (χ1v) is 15.0. The van der Waals surface area contributed by atoms with Gasteiger partial charge in [0.25, 0.3) is 0 Å². The monoisotopic (exact) mass is 577 g/mol. The molecule has 0 aliphatic carbocycles. The minimum Gasteiger partial charge on any atom is -0.455 e. The maximum Gasteiger partial charge on any atom is 0.143 e. The van der Waals surface area contributed by atoms with E-state index in [4.69, 9.17) is 12.6 Å². The minimum atomic E-state index is -0.473. The number of hydrogen-bond donors (Lipinski definition) is 0. The second kappa shape index (κ2) is 9.29. The molecular weight excluding hydrogens is 544 g/mol. The van der Waals surface area contributed by atoms with Gasteiger partial charge in [0.05, 0.1) is 9.60 Å². The Hall–Kier alpha value is -5.92. The zero-order valence-electron chi connectivity index (χ0n) is 30.9. The van der Waals surface area contributed by atoms with Crippen molar-refractivity contribution in [2.24, 2.45) is 0 Å². The Morgan fingerprint density at radius 2 is 0.933 bits per heavy atom. The molecule has 0 radical (unpaired) electrons. The van der Waals surface area contributed by atoms with Gasteiger partial charge < -0.3 is 4.42 Å². The molecule has 9 aromatic carbocycles. The lowest BCUT2D eigenvalue weighted by atomic mass is 9.83. The number of hydrogen-bond acceptors (Lipinski definition) is 1. The summed E-state index contributed by atoms with van der Waals surface area (Å²) in [5.74, 6) is 0. The molecule has 1 aromatic heterocycles. The highest BCUT2D eigenvalue weighted by Gasteiger charge is 2.23. The summed E-state index contributed by atoms with van der Waals surface area (Å²) in [4.78, 5) is 0. The lowest BCUT2D eigenvalue weighted by Gasteiger charge is -2.19. The van der Waals surface area contributed by atoms with Crippen LogP contribution in [0.25, 0.3) is 98.1 Å². The molecule has 1 nitrogen and oxygen atoms in total. The van der Waals surface area contributed by atoms with E-state index in [1.54, 1.807) is 0 Å². The van der Waals surface area contributed by atoms with Crippen molar-refractivity contribution in [3.05, 3.63) is 158 Å². The molecule has 0 saturated carbocycles. The van der Waals surface area contributed by atoms with E-state index in [1.165, 1.54) is 0 Å². The lowest BCUT2D eigenvalue weighted by Crippen LogP contribution is -1.92. The molecule has 1 heteroatoms. The quantitative estimate of drug-likeness (QED) is 0.186. The molecule has 10 rings (SSSR count). The van der Waals surface area contributed by atoms with Gasteiger partial charge in [0.1, 0.15) is 11.2 Å². The smallest absolute Gasteiger partial charge is 0.143 e. The molecule has 1 heterocycles. The van der Waals surface area contributed by atoms with Crippen molar-refractivity contribution in [3.63, 3.8) is 0 Å².